The van der Waals surface area contributed by atoms with Gasteiger partial charge in [-0.3, -0.25) is 13.9 Å². The molecule has 7 heteroatoms. The minimum atomic E-state index is -0.880. The lowest BCUT2D eigenvalue weighted by atomic mass is 9.97. The molecule has 1 unspecified atom stereocenters. The molecule has 0 aromatic carbocycles. The van der Waals surface area contributed by atoms with Crippen LogP contribution in [0, 0.1) is 5.92 Å². The summed E-state index contributed by atoms with van der Waals surface area (Å²) in [4.78, 5) is 30.1. The van der Waals surface area contributed by atoms with Gasteiger partial charge in [-0.1, -0.05) is 27.2 Å². The summed E-state index contributed by atoms with van der Waals surface area (Å²) < 4.78 is 8.45. The van der Waals surface area contributed by atoms with Crippen molar-refractivity contribution in [1.82, 2.24) is 14.1 Å². The van der Waals surface area contributed by atoms with E-state index in [1.54, 1.807) is 7.05 Å². The Morgan fingerprint density at radius 2 is 1.89 bits per heavy atom. The van der Waals surface area contributed by atoms with Crippen LogP contribution < -0.4 is 16.0 Å². The van der Waals surface area contributed by atoms with Crippen molar-refractivity contribution in [2.24, 2.45) is 13.0 Å². The molecular formula is C20H31N3O4. The highest BCUT2D eigenvalue weighted by atomic mass is 16.5. The first-order chi connectivity index (χ1) is 12.7. The molecular weight excluding hydrogens is 346 g/mol. The van der Waals surface area contributed by atoms with E-state index in [9.17, 15) is 14.7 Å². The number of rotatable bonds is 8. The van der Waals surface area contributed by atoms with Crippen molar-refractivity contribution in [3.63, 3.8) is 0 Å². The lowest BCUT2D eigenvalue weighted by molar-refractivity contribution is 0.143. The zero-order valence-electron chi connectivity index (χ0n) is 17.2. The molecule has 2 heterocycles. The van der Waals surface area contributed by atoms with E-state index in [2.05, 4.69) is 4.98 Å². The van der Waals surface area contributed by atoms with Crippen LogP contribution in [0.4, 0.5) is 0 Å². The maximum Gasteiger partial charge on any atom is 0.332 e. The Kier molecular flexibility index (Phi) is 6.81. The Balaban J connectivity index is 2.87. The molecule has 0 amide bonds. The smallest absolute Gasteiger partial charge is 0.332 e. The van der Waals surface area contributed by atoms with Crippen molar-refractivity contribution in [1.29, 1.82) is 0 Å². The number of fused-ring (bicyclic) bond motifs is 1. The number of ether oxygens (including phenoxy) is 1. The topological polar surface area (TPSA) is 86.3 Å². The predicted octanol–water partition coefficient (Wildman–Crippen LogP) is 2.76. The first kappa shape index (κ1) is 21.2. The Hall–Kier alpha value is -2.15. The summed E-state index contributed by atoms with van der Waals surface area (Å²) in [5.41, 5.74) is -0.115. The maximum absolute atomic E-state index is 13.2. The quantitative estimate of drug-likeness (QED) is 0.764. The van der Waals surface area contributed by atoms with Crippen LogP contribution in [-0.2, 0) is 13.6 Å². The summed E-state index contributed by atoms with van der Waals surface area (Å²) in [6, 6.07) is 0. The standard InChI is InChI=1S/C20H31N3O4/c1-7-8-9-23-19(25)17-16(14(24)10-12(2)3)15(27-13(4)5)11-21-18(17)22(6)20(23)26/h11-14,24H,7-10H2,1-6H3. The highest BCUT2D eigenvalue weighted by Gasteiger charge is 2.25. The van der Waals surface area contributed by atoms with Gasteiger partial charge in [-0.15, -0.1) is 0 Å². The molecule has 2 rings (SSSR count). The van der Waals surface area contributed by atoms with Gasteiger partial charge in [0.25, 0.3) is 5.56 Å². The molecule has 0 spiro atoms. The van der Waals surface area contributed by atoms with E-state index >= 15 is 0 Å². The highest BCUT2D eigenvalue weighted by molar-refractivity contribution is 5.81. The second-order valence-electron chi connectivity index (χ2n) is 7.70. The fourth-order valence-electron chi connectivity index (χ4n) is 3.21. The molecule has 2 aromatic rings. The van der Waals surface area contributed by atoms with E-state index in [1.165, 1.54) is 15.3 Å². The Morgan fingerprint density at radius 3 is 2.44 bits per heavy atom. The third kappa shape index (κ3) is 4.40. The average molecular weight is 377 g/mol. The van der Waals surface area contributed by atoms with Gasteiger partial charge in [0.15, 0.2) is 0 Å². The SMILES string of the molecule is CCCCn1c(=O)c2c(C(O)CC(C)C)c(OC(C)C)cnc2n(C)c1=O. The number of hydrogen-bond donors (Lipinski definition) is 1. The number of aromatic nitrogens is 3. The first-order valence-electron chi connectivity index (χ1n) is 9.66. The van der Waals surface area contributed by atoms with Crippen molar-refractivity contribution in [2.45, 2.75) is 72.6 Å². The molecule has 0 bridgehead atoms. The molecule has 1 atom stereocenters. The van der Waals surface area contributed by atoms with Crippen LogP contribution in [0.2, 0.25) is 0 Å². The fraction of sp³-hybridized carbons (Fsp3) is 0.650. The van der Waals surface area contributed by atoms with Gasteiger partial charge in [0.1, 0.15) is 11.4 Å². The summed E-state index contributed by atoms with van der Waals surface area (Å²) >= 11 is 0. The zero-order chi connectivity index (χ0) is 20.3. The molecule has 0 aliphatic rings. The summed E-state index contributed by atoms with van der Waals surface area (Å²) in [6.07, 6.45) is 2.55. The van der Waals surface area contributed by atoms with Gasteiger partial charge < -0.3 is 9.84 Å². The van der Waals surface area contributed by atoms with Gasteiger partial charge in [-0.2, -0.15) is 0 Å². The third-order valence-corrected chi connectivity index (χ3v) is 4.48. The lowest BCUT2D eigenvalue weighted by Crippen LogP contribution is -2.40. The van der Waals surface area contributed by atoms with Crippen LogP contribution in [0.3, 0.4) is 0 Å². The molecule has 1 N–H and O–H groups in total. The molecule has 2 aromatic heterocycles. The maximum atomic E-state index is 13.2. The summed E-state index contributed by atoms with van der Waals surface area (Å²) in [5.74, 6) is 0.619. The molecule has 0 saturated carbocycles. The summed E-state index contributed by atoms with van der Waals surface area (Å²) in [7, 11) is 1.60. The van der Waals surface area contributed by atoms with E-state index in [0.29, 0.717) is 24.3 Å². The van der Waals surface area contributed by atoms with Crippen molar-refractivity contribution in [3.05, 3.63) is 32.6 Å². The van der Waals surface area contributed by atoms with Crippen LogP contribution in [-0.4, -0.2) is 25.3 Å². The van der Waals surface area contributed by atoms with Crippen LogP contribution >= 0.6 is 0 Å². The van der Waals surface area contributed by atoms with Gasteiger partial charge in [-0.25, -0.2) is 9.78 Å². The number of nitrogens with zero attached hydrogens (tertiary/aromatic N) is 3. The summed E-state index contributed by atoms with van der Waals surface area (Å²) in [5, 5.41) is 11.2. The highest BCUT2D eigenvalue weighted by Crippen LogP contribution is 2.33. The molecule has 0 saturated heterocycles. The van der Waals surface area contributed by atoms with Gasteiger partial charge in [0.05, 0.1) is 23.8 Å². The Labute approximate surface area is 159 Å². The van der Waals surface area contributed by atoms with Crippen molar-refractivity contribution < 1.29 is 9.84 Å². The lowest BCUT2D eigenvalue weighted by Gasteiger charge is -2.21. The van der Waals surface area contributed by atoms with Crippen LogP contribution in [0.25, 0.3) is 11.0 Å². The molecule has 0 aliphatic heterocycles. The molecule has 0 radical (unpaired) electrons. The van der Waals surface area contributed by atoms with Crippen LogP contribution in [0.5, 0.6) is 5.75 Å². The van der Waals surface area contributed by atoms with Crippen LogP contribution in [0.15, 0.2) is 15.8 Å². The van der Waals surface area contributed by atoms with Gasteiger partial charge in [-0.05, 0) is 32.6 Å². The number of hydrogen-bond acceptors (Lipinski definition) is 5. The van der Waals surface area contributed by atoms with E-state index in [4.69, 9.17) is 4.74 Å². The van der Waals surface area contributed by atoms with E-state index in [0.717, 1.165) is 12.8 Å². The molecule has 150 valence electrons. The second-order valence-corrected chi connectivity index (χ2v) is 7.70. The number of aliphatic hydroxyl groups excluding tert-OH is 1. The minimum absolute atomic E-state index is 0.135. The fourth-order valence-corrected chi connectivity index (χ4v) is 3.21. The van der Waals surface area contributed by atoms with Crippen LogP contribution in [0.1, 0.15) is 65.5 Å². The van der Waals surface area contributed by atoms with Gasteiger partial charge in [0.2, 0.25) is 0 Å². The van der Waals surface area contributed by atoms with Crippen molar-refractivity contribution >= 4 is 11.0 Å². The molecule has 27 heavy (non-hydrogen) atoms. The third-order valence-electron chi connectivity index (χ3n) is 4.48. The van der Waals surface area contributed by atoms with E-state index < -0.39 is 17.4 Å². The van der Waals surface area contributed by atoms with Crippen molar-refractivity contribution in [2.75, 3.05) is 0 Å². The number of aliphatic hydroxyl groups is 1. The molecule has 7 nitrogen and oxygen atoms in total. The van der Waals surface area contributed by atoms with E-state index in [-0.39, 0.29) is 23.1 Å². The monoisotopic (exact) mass is 377 g/mol. The molecule has 0 aliphatic carbocycles. The van der Waals surface area contributed by atoms with Gasteiger partial charge in [0, 0.05) is 19.2 Å². The predicted molar refractivity (Wildman–Crippen MR) is 106 cm³/mol. The first-order valence-corrected chi connectivity index (χ1v) is 9.66. The van der Waals surface area contributed by atoms with E-state index in [1.807, 2.05) is 34.6 Å². The minimum Gasteiger partial charge on any atom is -0.489 e. The zero-order valence-corrected chi connectivity index (χ0v) is 17.2. The number of aryl methyl sites for hydroxylation is 1. The summed E-state index contributed by atoms with van der Waals surface area (Å²) in [6.45, 7) is 10.1. The second kappa shape index (κ2) is 8.69. The Bertz CT molecular complexity index is 912. The Morgan fingerprint density at radius 1 is 1.22 bits per heavy atom. The largest absolute Gasteiger partial charge is 0.489 e. The van der Waals surface area contributed by atoms with Crippen molar-refractivity contribution in [3.8, 4) is 5.75 Å². The average Bonchev–Trinajstić information content (AvgIpc) is 2.58. The van der Waals surface area contributed by atoms with Gasteiger partial charge >= 0.3 is 5.69 Å². The normalized spacial score (nSPS) is 12.9. The number of pyridine rings is 1. The number of unbranched alkanes of at least 4 members (excludes halogenated alkanes) is 1. The molecule has 0 fully saturated rings.